The van der Waals surface area contributed by atoms with Crippen LogP contribution in [0.4, 0.5) is 8.78 Å². The number of nitrogens with zero attached hydrogens (tertiary/aromatic N) is 3. The van der Waals surface area contributed by atoms with E-state index in [9.17, 15) is 18.4 Å². The zero-order valence-electron chi connectivity index (χ0n) is 20.1. The predicted molar refractivity (Wildman–Crippen MR) is 131 cm³/mol. The molecule has 36 heavy (non-hydrogen) atoms. The lowest BCUT2D eigenvalue weighted by Gasteiger charge is -2.35. The molecule has 1 unspecified atom stereocenters. The molecule has 1 atom stereocenters. The fraction of sp³-hybridized carbons (Fsp3) is 0.321. The molecular weight excluding hydrogens is 464 g/mol. The number of halogens is 2. The number of piperidine rings is 1. The largest absolute Gasteiger partial charge is 0.434 e. The van der Waals surface area contributed by atoms with E-state index in [4.69, 9.17) is 0 Å². The molecule has 2 aromatic carbocycles. The number of alkyl halides is 2. The smallest absolute Gasteiger partial charge is 0.387 e. The van der Waals surface area contributed by atoms with Crippen molar-refractivity contribution in [1.82, 2.24) is 14.8 Å². The van der Waals surface area contributed by atoms with Crippen LogP contribution in [0.1, 0.15) is 39.9 Å². The number of aromatic nitrogens is 1. The van der Waals surface area contributed by atoms with Gasteiger partial charge in [-0.15, -0.1) is 0 Å². The van der Waals surface area contributed by atoms with Crippen molar-refractivity contribution in [2.75, 3.05) is 13.1 Å². The van der Waals surface area contributed by atoms with E-state index in [1.54, 1.807) is 29.4 Å². The summed E-state index contributed by atoms with van der Waals surface area (Å²) in [5, 5.41) is 0. The number of likely N-dealkylation sites (tertiary alicyclic amines) is 1. The number of para-hydroxylation sites is 1. The number of hydrogen-bond donors (Lipinski definition) is 0. The minimum absolute atomic E-state index is 0.0447. The summed E-state index contributed by atoms with van der Waals surface area (Å²) in [7, 11) is 0. The van der Waals surface area contributed by atoms with Crippen LogP contribution in [0.15, 0.2) is 73.1 Å². The summed E-state index contributed by atoms with van der Waals surface area (Å²) < 4.78 is 30.2. The lowest BCUT2D eigenvalue weighted by Crippen LogP contribution is -2.46. The highest BCUT2D eigenvalue weighted by atomic mass is 19.3. The molecule has 2 heterocycles. The topological polar surface area (TPSA) is 62.7 Å². The van der Waals surface area contributed by atoms with Crippen LogP contribution in [0.3, 0.4) is 0 Å². The van der Waals surface area contributed by atoms with Gasteiger partial charge in [0.2, 0.25) is 5.91 Å². The second kappa shape index (κ2) is 11.7. The van der Waals surface area contributed by atoms with Crippen molar-refractivity contribution in [3.8, 4) is 5.75 Å². The Morgan fingerprint density at radius 3 is 2.61 bits per heavy atom. The highest BCUT2D eigenvalue weighted by Crippen LogP contribution is 2.27. The number of rotatable bonds is 8. The lowest BCUT2D eigenvalue weighted by molar-refractivity contribution is -0.138. The van der Waals surface area contributed by atoms with E-state index in [0.717, 1.165) is 16.7 Å². The molecule has 0 saturated carbocycles. The molecule has 0 bridgehead atoms. The first-order valence-corrected chi connectivity index (χ1v) is 12.0. The van der Waals surface area contributed by atoms with Crippen LogP contribution in [0.2, 0.25) is 0 Å². The first-order chi connectivity index (χ1) is 17.4. The van der Waals surface area contributed by atoms with Crippen molar-refractivity contribution >= 4 is 11.8 Å². The number of carbonyl (C=O) groups excluding carboxylic acids is 2. The molecule has 0 aliphatic carbocycles. The maximum absolute atomic E-state index is 13.8. The number of benzene rings is 2. The summed E-state index contributed by atoms with van der Waals surface area (Å²) in [6.07, 6.45) is 4.73. The second-order valence-corrected chi connectivity index (χ2v) is 8.95. The van der Waals surface area contributed by atoms with Crippen molar-refractivity contribution in [3.63, 3.8) is 0 Å². The van der Waals surface area contributed by atoms with Crippen LogP contribution in [-0.4, -0.2) is 46.3 Å². The van der Waals surface area contributed by atoms with Gasteiger partial charge in [-0.05, 0) is 54.7 Å². The van der Waals surface area contributed by atoms with Gasteiger partial charge in [0.05, 0.1) is 11.5 Å². The molecule has 4 rings (SSSR count). The summed E-state index contributed by atoms with van der Waals surface area (Å²) in [4.78, 5) is 34.6. The van der Waals surface area contributed by atoms with Gasteiger partial charge in [0, 0.05) is 38.6 Å². The van der Waals surface area contributed by atoms with E-state index >= 15 is 0 Å². The zero-order valence-corrected chi connectivity index (χ0v) is 20.1. The molecule has 0 radical (unpaired) electrons. The molecule has 1 aliphatic rings. The molecule has 1 saturated heterocycles. The van der Waals surface area contributed by atoms with Crippen molar-refractivity contribution in [2.24, 2.45) is 5.92 Å². The van der Waals surface area contributed by atoms with Crippen LogP contribution < -0.4 is 4.74 Å². The molecule has 1 aliphatic heterocycles. The maximum Gasteiger partial charge on any atom is 0.387 e. The van der Waals surface area contributed by atoms with E-state index in [1.807, 2.05) is 48.2 Å². The molecule has 6 nitrogen and oxygen atoms in total. The summed E-state index contributed by atoms with van der Waals surface area (Å²) in [6, 6.07) is 17.7. The molecule has 3 aromatic rings. The van der Waals surface area contributed by atoms with Crippen LogP contribution in [0, 0.1) is 12.8 Å². The molecule has 1 aromatic heterocycles. The summed E-state index contributed by atoms with van der Waals surface area (Å²) in [5.41, 5.74) is 3.13. The second-order valence-electron chi connectivity index (χ2n) is 8.95. The van der Waals surface area contributed by atoms with Crippen molar-refractivity contribution < 1.29 is 23.1 Å². The summed E-state index contributed by atoms with van der Waals surface area (Å²) in [6.45, 7) is 0.496. The molecule has 2 amide bonds. The first kappa shape index (κ1) is 25.3. The van der Waals surface area contributed by atoms with Crippen LogP contribution in [0.25, 0.3) is 0 Å². The number of ether oxygens (including phenoxy) is 1. The van der Waals surface area contributed by atoms with Gasteiger partial charge in [-0.3, -0.25) is 14.6 Å². The van der Waals surface area contributed by atoms with E-state index in [-0.39, 0.29) is 23.8 Å². The van der Waals surface area contributed by atoms with Gasteiger partial charge in [-0.1, -0.05) is 42.5 Å². The first-order valence-electron chi connectivity index (χ1n) is 12.0. The van der Waals surface area contributed by atoms with Gasteiger partial charge in [-0.25, -0.2) is 0 Å². The Morgan fingerprint density at radius 1 is 1.08 bits per heavy atom. The minimum Gasteiger partial charge on any atom is -0.434 e. The van der Waals surface area contributed by atoms with Crippen LogP contribution in [0.5, 0.6) is 5.75 Å². The minimum atomic E-state index is -3.03. The lowest BCUT2D eigenvalue weighted by atomic mass is 9.95. The van der Waals surface area contributed by atoms with Gasteiger partial charge in [-0.2, -0.15) is 8.78 Å². The Hall–Kier alpha value is -3.81. The average molecular weight is 494 g/mol. The molecular formula is C28H29F2N3O3. The zero-order chi connectivity index (χ0) is 25.5. The third-order valence-electron chi connectivity index (χ3n) is 6.42. The van der Waals surface area contributed by atoms with E-state index in [0.29, 0.717) is 32.5 Å². The molecule has 8 heteroatoms. The number of amides is 2. The van der Waals surface area contributed by atoms with E-state index in [1.165, 1.54) is 12.1 Å². The van der Waals surface area contributed by atoms with Gasteiger partial charge in [0.1, 0.15) is 5.75 Å². The summed E-state index contributed by atoms with van der Waals surface area (Å²) >= 11 is 0. The predicted octanol–water partition coefficient (Wildman–Crippen LogP) is 5.07. The fourth-order valence-corrected chi connectivity index (χ4v) is 4.55. The third-order valence-corrected chi connectivity index (χ3v) is 6.42. The van der Waals surface area contributed by atoms with E-state index < -0.39 is 18.4 Å². The normalized spacial score (nSPS) is 15.6. The standard InChI is InChI=1S/C28H29F2N3O3/c1-20-8-2-3-10-22(20)18-33(17-21-9-6-14-31-16-21)26(34)23-11-7-15-32(19-23)27(35)24-12-4-5-13-25(24)36-28(29)30/h2-6,8-10,12-14,16,23,28H,7,11,15,17-19H2,1H3. The summed E-state index contributed by atoms with van der Waals surface area (Å²) in [5.74, 6) is -1.02. The quantitative estimate of drug-likeness (QED) is 0.440. The number of aryl methyl sites for hydroxylation is 1. The third kappa shape index (κ3) is 6.24. The SMILES string of the molecule is Cc1ccccc1CN(Cc1cccnc1)C(=O)C1CCCN(C(=O)c2ccccc2OC(F)F)C1. The average Bonchev–Trinajstić information content (AvgIpc) is 2.89. The Morgan fingerprint density at radius 2 is 1.86 bits per heavy atom. The van der Waals surface area contributed by atoms with Crippen LogP contribution >= 0.6 is 0 Å². The number of hydrogen-bond acceptors (Lipinski definition) is 4. The molecule has 1 fully saturated rings. The highest BCUT2D eigenvalue weighted by molar-refractivity contribution is 5.97. The Balaban J connectivity index is 1.53. The highest BCUT2D eigenvalue weighted by Gasteiger charge is 2.33. The monoisotopic (exact) mass is 493 g/mol. The molecule has 0 spiro atoms. The molecule has 0 N–H and O–H groups in total. The Labute approximate surface area is 209 Å². The maximum atomic E-state index is 13.8. The van der Waals surface area contributed by atoms with Crippen molar-refractivity contribution in [3.05, 3.63) is 95.3 Å². The van der Waals surface area contributed by atoms with Gasteiger partial charge >= 0.3 is 6.61 Å². The van der Waals surface area contributed by atoms with Gasteiger partial charge < -0.3 is 14.5 Å². The van der Waals surface area contributed by atoms with E-state index in [2.05, 4.69) is 9.72 Å². The van der Waals surface area contributed by atoms with Crippen molar-refractivity contribution in [2.45, 2.75) is 39.5 Å². The molecule has 188 valence electrons. The Bertz CT molecular complexity index is 1190. The van der Waals surface area contributed by atoms with Gasteiger partial charge in [0.15, 0.2) is 0 Å². The van der Waals surface area contributed by atoms with Crippen LogP contribution in [-0.2, 0) is 17.9 Å². The van der Waals surface area contributed by atoms with Crippen molar-refractivity contribution in [1.29, 1.82) is 0 Å². The number of carbonyl (C=O) groups is 2. The van der Waals surface area contributed by atoms with Gasteiger partial charge in [0.25, 0.3) is 5.91 Å². The Kier molecular flexibility index (Phi) is 8.25. The fourth-order valence-electron chi connectivity index (χ4n) is 4.55. The number of pyridine rings is 1.